The number of aryl methyl sites for hydroxylation is 1. The third-order valence-electron chi connectivity index (χ3n) is 4.36. The number of piperidine rings is 1. The van der Waals surface area contributed by atoms with Crippen LogP contribution in [0.25, 0.3) is 0 Å². The Bertz CT molecular complexity index is 863. The third-order valence-corrected chi connectivity index (χ3v) is 6.27. The molecule has 1 aliphatic rings. The Morgan fingerprint density at radius 1 is 1.16 bits per heavy atom. The summed E-state index contributed by atoms with van der Waals surface area (Å²) in [7, 11) is -3.43. The van der Waals surface area contributed by atoms with E-state index in [-0.39, 0.29) is 6.04 Å². The molecule has 2 heterocycles. The molecule has 0 aliphatic carbocycles. The van der Waals surface area contributed by atoms with Gasteiger partial charge in [0.25, 0.3) is 0 Å². The lowest BCUT2D eigenvalue weighted by molar-refractivity contribution is 0.329. The van der Waals surface area contributed by atoms with E-state index in [9.17, 15) is 8.42 Å². The van der Waals surface area contributed by atoms with Gasteiger partial charge in [-0.15, -0.1) is 0 Å². The summed E-state index contributed by atoms with van der Waals surface area (Å²) in [4.78, 5) is 4.55. The van der Waals surface area contributed by atoms with Crippen LogP contribution >= 0.6 is 0 Å². The van der Waals surface area contributed by atoms with Gasteiger partial charge in [0.1, 0.15) is 11.9 Å². The van der Waals surface area contributed by atoms with Crippen LogP contribution in [0.4, 0.5) is 5.82 Å². The van der Waals surface area contributed by atoms with Gasteiger partial charge in [-0.1, -0.05) is 17.7 Å². The highest BCUT2D eigenvalue weighted by molar-refractivity contribution is 7.89. The highest BCUT2D eigenvalue weighted by atomic mass is 32.2. The summed E-state index contributed by atoms with van der Waals surface area (Å²) in [5.74, 6) is 0.707. The lowest BCUT2D eigenvalue weighted by Gasteiger charge is -2.31. The van der Waals surface area contributed by atoms with E-state index in [0.29, 0.717) is 42.2 Å². The standard InChI is InChI=1S/C18H20N4O2S/c1-14-2-5-17(6-3-14)25(23,24)22-10-8-16(9-11-22)21-18-7-4-15(12-19)13-20-18/h2-7,13,16H,8-11H2,1H3,(H,20,21). The van der Waals surface area contributed by atoms with E-state index in [1.54, 1.807) is 28.6 Å². The molecule has 1 saturated heterocycles. The molecule has 1 aromatic heterocycles. The molecule has 25 heavy (non-hydrogen) atoms. The van der Waals surface area contributed by atoms with E-state index >= 15 is 0 Å². The quantitative estimate of drug-likeness (QED) is 0.910. The van der Waals surface area contributed by atoms with Gasteiger partial charge in [0, 0.05) is 25.3 Å². The second-order valence-electron chi connectivity index (χ2n) is 6.18. The van der Waals surface area contributed by atoms with Crippen molar-refractivity contribution in [2.75, 3.05) is 18.4 Å². The van der Waals surface area contributed by atoms with Crippen molar-refractivity contribution >= 4 is 15.8 Å². The van der Waals surface area contributed by atoms with Crippen LogP contribution < -0.4 is 5.32 Å². The SMILES string of the molecule is Cc1ccc(S(=O)(=O)N2CCC(Nc3ccc(C#N)cn3)CC2)cc1. The molecule has 0 unspecified atom stereocenters. The minimum Gasteiger partial charge on any atom is -0.367 e. The number of hydrogen-bond donors (Lipinski definition) is 1. The van der Waals surface area contributed by atoms with E-state index < -0.39 is 10.0 Å². The molecule has 2 aromatic rings. The van der Waals surface area contributed by atoms with Gasteiger partial charge in [-0.3, -0.25) is 0 Å². The molecule has 0 saturated carbocycles. The molecule has 1 aromatic carbocycles. The Labute approximate surface area is 148 Å². The largest absolute Gasteiger partial charge is 0.367 e. The molecule has 6 nitrogen and oxygen atoms in total. The monoisotopic (exact) mass is 356 g/mol. The number of nitrogens with one attached hydrogen (secondary N) is 1. The summed E-state index contributed by atoms with van der Waals surface area (Å²) in [5.41, 5.74) is 1.56. The van der Waals surface area contributed by atoms with Crippen molar-refractivity contribution in [3.8, 4) is 6.07 Å². The number of anilines is 1. The zero-order valence-electron chi connectivity index (χ0n) is 14.0. The van der Waals surface area contributed by atoms with Crippen LogP contribution in [0, 0.1) is 18.3 Å². The lowest BCUT2D eigenvalue weighted by atomic mass is 10.1. The van der Waals surface area contributed by atoms with Gasteiger partial charge < -0.3 is 5.32 Å². The first-order chi connectivity index (χ1) is 12.0. The van der Waals surface area contributed by atoms with Gasteiger partial charge in [0.15, 0.2) is 0 Å². The molecule has 130 valence electrons. The summed E-state index contributed by atoms with van der Waals surface area (Å²) < 4.78 is 26.9. The lowest BCUT2D eigenvalue weighted by Crippen LogP contribution is -2.42. The van der Waals surface area contributed by atoms with Crippen molar-refractivity contribution in [2.45, 2.75) is 30.7 Å². The molecule has 1 aliphatic heterocycles. The number of nitrogens with zero attached hydrogens (tertiary/aromatic N) is 3. The van der Waals surface area contributed by atoms with Gasteiger partial charge in [0.05, 0.1) is 10.5 Å². The second kappa shape index (κ2) is 7.21. The minimum atomic E-state index is -3.43. The van der Waals surface area contributed by atoms with E-state index in [4.69, 9.17) is 5.26 Å². The number of sulfonamides is 1. The van der Waals surface area contributed by atoms with E-state index in [1.165, 1.54) is 6.20 Å². The number of rotatable bonds is 4. The predicted molar refractivity (Wildman–Crippen MR) is 95.5 cm³/mol. The summed E-state index contributed by atoms with van der Waals surface area (Å²) >= 11 is 0. The number of aromatic nitrogens is 1. The van der Waals surface area contributed by atoms with Crippen LogP contribution in [0.15, 0.2) is 47.5 Å². The Balaban J connectivity index is 1.61. The highest BCUT2D eigenvalue weighted by Crippen LogP contribution is 2.22. The fourth-order valence-corrected chi connectivity index (χ4v) is 4.32. The molecule has 3 rings (SSSR count). The smallest absolute Gasteiger partial charge is 0.243 e. The summed E-state index contributed by atoms with van der Waals surface area (Å²) in [6, 6.07) is 12.7. The van der Waals surface area contributed by atoms with Crippen molar-refractivity contribution < 1.29 is 8.42 Å². The summed E-state index contributed by atoms with van der Waals surface area (Å²) in [6.45, 7) is 2.89. The van der Waals surface area contributed by atoms with Crippen molar-refractivity contribution in [1.29, 1.82) is 5.26 Å². The summed E-state index contributed by atoms with van der Waals surface area (Å²) in [6.07, 6.45) is 2.96. The third kappa shape index (κ3) is 3.98. The van der Waals surface area contributed by atoms with Crippen LogP contribution in [-0.2, 0) is 10.0 Å². The normalized spacial score (nSPS) is 16.3. The Kier molecular flexibility index (Phi) is 5.02. The average molecular weight is 356 g/mol. The van der Waals surface area contributed by atoms with E-state index in [1.807, 2.05) is 25.1 Å². The molecule has 0 bridgehead atoms. The zero-order valence-corrected chi connectivity index (χ0v) is 14.8. The number of benzene rings is 1. The topological polar surface area (TPSA) is 86.1 Å². The molecule has 0 spiro atoms. The maximum atomic E-state index is 12.7. The first-order valence-electron chi connectivity index (χ1n) is 8.18. The van der Waals surface area contributed by atoms with Gasteiger partial charge in [-0.2, -0.15) is 9.57 Å². The van der Waals surface area contributed by atoms with Gasteiger partial charge in [-0.25, -0.2) is 13.4 Å². The van der Waals surface area contributed by atoms with E-state index in [2.05, 4.69) is 10.3 Å². The zero-order chi connectivity index (χ0) is 17.9. The minimum absolute atomic E-state index is 0.171. The summed E-state index contributed by atoms with van der Waals surface area (Å²) in [5, 5.41) is 12.1. The van der Waals surface area contributed by atoms with Gasteiger partial charge in [-0.05, 0) is 44.0 Å². The van der Waals surface area contributed by atoms with Gasteiger partial charge in [0.2, 0.25) is 10.0 Å². The maximum absolute atomic E-state index is 12.7. The fraction of sp³-hybridized carbons (Fsp3) is 0.333. The van der Waals surface area contributed by atoms with E-state index in [0.717, 1.165) is 5.56 Å². The van der Waals surface area contributed by atoms with Crippen LogP contribution in [0.1, 0.15) is 24.0 Å². The molecule has 1 fully saturated rings. The highest BCUT2D eigenvalue weighted by Gasteiger charge is 2.29. The Morgan fingerprint density at radius 3 is 2.40 bits per heavy atom. The van der Waals surface area contributed by atoms with Crippen LogP contribution in [0.5, 0.6) is 0 Å². The first kappa shape index (κ1) is 17.4. The first-order valence-corrected chi connectivity index (χ1v) is 9.62. The molecular formula is C18H20N4O2S. The van der Waals surface area contributed by atoms with Crippen LogP contribution in [0.3, 0.4) is 0 Å². The second-order valence-corrected chi connectivity index (χ2v) is 8.12. The molecular weight excluding hydrogens is 336 g/mol. The van der Waals surface area contributed by atoms with Crippen molar-refractivity contribution in [1.82, 2.24) is 9.29 Å². The average Bonchev–Trinajstić information content (AvgIpc) is 2.63. The van der Waals surface area contributed by atoms with Crippen LogP contribution in [0.2, 0.25) is 0 Å². The maximum Gasteiger partial charge on any atom is 0.243 e. The fourth-order valence-electron chi connectivity index (χ4n) is 2.85. The molecule has 7 heteroatoms. The molecule has 0 amide bonds. The number of pyridine rings is 1. The van der Waals surface area contributed by atoms with Crippen LogP contribution in [-0.4, -0.2) is 36.8 Å². The van der Waals surface area contributed by atoms with Gasteiger partial charge >= 0.3 is 0 Å². The molecule has 0 atom stereocenters. The number of nitriles is 1. The van der Waals surface area contributed by atoms with Crippen molar-refractivity contribution in [3.05, 3.63) is 53.7 Å². The van der Waals surface area contributed by atoms with Crippen molar-refractivity contribution in [3.63, 3.8) is 0 Å². The Morgan fingerprint density at radius 2 is 1.84 bits per heavy atom. The van der Waals surface area contributed by atoms with Crippen molar-refractivity contribution in [2.24, 2.45) is 0 Å². The Hall–Kier alpha value is -2.43. The number of hydrogen-bond acceptors (Lipinski definition) is 5. The molecule has 1 N–H and O–H groups in total. The predicted octanol–water partition coefficient (Wildman–Crippen LogP) is 2.53. The molecule has 0 radical (unpaired) electrons.